The van der Waals surface area contributed by atoms with E-state index < -0.39 is 20.2 Å². The molecule has 1 aromatic rings. The molecule has 0 unspecified atom stereocenters. The van der Waals surface area contributed by atoms with E-state index in [0.717, 1.165) is 5.56 Å². The van der Waals surface area contributed by atoms with Crippen LogP contribution in [0.25, 0.3) is 0 Å². The Morgan fingerprint density at radius 2 is 1.70 bits per heavy atom. The molecule has 2 aliphatic heterocycles. The van der Waals surface area contributed by atoms with Crippen LogP contribution >= 0.6 is 0 Å². The van der Waals surface area contributed by atoms with E-state index in [1.165, 1.54) is 0 Å². The molecule has 0 aliphatic carbocycles. The van der Waals surface area contributed by atoms with Crippen LogP contribution in [-0.2, 0) is 25.2 Å². The van der Waals surface area contributed by atoms with Crippen molar-refractivity contribution >= 4 is 14.4 Å². The van der Waals surface area contributed by atoms with Crippen LogP contribution in [0.1, 0.15) is 47.1 Å². The minimum absolute atomic E-state index is 0.0550. The first-order chi connectivity index (χ1) is 13.8. The molecule has 0 radical (unpaired) electrons. The second-order valence-electron chi connectivity index (χ2n) is 10.8. The minimum atomic E-state index is -2.05. The fourth-order valence-corrected chi connectivity index (χ4v) is 4.55. The van der Waals surface area contributed by atoms with Gasteiger partial charge in [-0.3, -0.25) is 4.90 Å². The number of amides is 1. The van der Waals surface area contributed by atoms with Crippen molar-refractivity contribution in [2.45, 2.75) is 96.4 Å². The van der Waals surface area contributed by atoms with Crippen LogP contribution in [0, 0.1) is 0 Å². The molecule has 1 amide bonds. The van der Waals surface area contributed by atoms with E-state index in [4.69, 9.17) is 18.6 Å². The average Bonchev–Trinajstić information content (AvgIpc) is 3.25. The topological polar surface area (TPSA) is 57.0 Å². The summed E-state index contributed by atoms with van der Waals surface area (Å²) in [6.45, 7) is 17.6. The summed E-state index contributed by atoms with van der Waals surface area (Å²) in [6.07, 6.45) is -0.965. The molecule has 7 heteroatoms. The summed E-state index contributed by atoms with van der Waals surface area (Å²) in [5.41, 5.74) is 0.574. The summed E-state index contributed by atoms with van der Waals surface area (Å²) in [4.78, 5) is 14.5. The Labute approximate surface area is 182 Å². The Kier molecular flexibility index (Phi) is 6.40. The molecule has 0 spiro atoms. The zero-order valence-corrected chi connectivity index (χ0v) is 20.6. The Hall–Kier alpha value is -1.41. The van der Waals surface area contributed by atoms with E-state index in [1.807, 2.05) is 51.1 Å². The van der Waals surface area contributed by atoms with Crippen molar-refractivity contribution in [2.24, 2.45) is 0 Å². The second kappa shape index (κ2) is 8.26. The molecule has 2 aliphatic rings. The number of hydrogen-bond acceptors (Lipinski definition) is 5. The quantitative estimate of drug-likeness (QED) is 0.468. The molecule has 2 saturated heterocycles. The molecule has 4 atom stereocenters. The highest BCUT2D eigenvalue weighted by Gasteiger charge is 2.67. The monoisotopic (exact) mass is 435 g/mol. The number of hydrogen-bond donors (Lipinski definition) is 0. The predicted octanol–water partition coefficient (Wildman–Crippen LogP) is 4.94. The van der Waals surface area contributed by atoms with Gasteiger partial charge in [-0.05, 0) is 44.5 Å². The lowest BCUT2D eigenvalue weighted by Crippen LogP contribution is -2.47. The van der Waals surface area contributed by atoms with Crippen molar-refractivity contribution in [1.29, 1.82) is 0 Å². The molecule has 2 fully saturated rings. The van der Waals surface area contributed by atoms with Crippen molar-refractivity contribution in [3.8, 4) is 0 Å². The van der Waals surface area contributed by atoms with Crippen molar-refractivity contribution in [1.82, 2.24) is 4.90 Å². The molecular formula is C23H37NO5Si. The molecule has 2 heterocycles. The number of rotatable bonds is 6. The van der Waals surface area contributed by atoms with Gasteiger partial charge in [0.2, 0.25) is 0 Å². The molecule has 30 heavy (non-hydrogen) atoms. The van der Waals surface area contributed by atoms with E-state index in [-0.39, 0.29) is 29.3 Å². The van der Waals surface area contributed by atoms with E-state index in [1.54, 1.807) is 4.90 Å². The first-order valence-electron chi connectivity index (χ1n) is 10.8. The van der Waals surface area contributed by atoms with E-state index in [2.05, 4.69) is 33.9 Å². The van der Waals surface area contributed by atoms with Crippen LogP contribution in [0.3, 0.4) is 0 Å². The zero-order valence-electron chi connectivity index (χ0n) is 19.6. The Balaban J connectivity index is 1.67. The van der Waals surface area contributed by atoms with Gasteiger partial charge in [-0.25, -0.2) is 4.79 Å². The number of fused-ring (bicyclic) bond motifs is 1. The number of ether oxygens (including phenoxy) is 3. The number of nitrogens with zero attached hydrogens (tertiary/aromatic N) is 1. The Morgan fingerprint density at radius 3 is 2.27 bits per heavy atom. The summed E-state index contributed by atoms with van der Waals surface area (Å²) in [6, 6.07) is 9.87. The number of carbonyl (C=O) groups excluding carboxylic acids is 1. The summed E-state index contributed by atoms with van der Waals surface area (Å²) in [5, 5.41) is 0.0550. The predicted molar refractivity (Wildman–Crippen MR) is 119 cm³/mol. The maximum atomic E-state index is 12.7. The third-order valence-corrected chi connectivity index (χ3v) is 10.5. The van der Waals surface area contributed by atoms with Gasteiger partial charge in [0, 0.05) is 0 Å². The van der Waals surface area contributed by atoms with Crippen molar-refractivity contribution in [3.63, 3.8) is 0 Å². The van der Waals surface area contributed by atoms with E-state index in [0.29, 0.717) is 13.2 Å². The van der Waals surface area contributed by atoms with Gasteiger partial charge in [-0.1, -0.05) is 51.1 Å². The normalized spacial score (nSPS) is 26.5. The third kappa shape index (κ3) is 5.25. The maximum absolute atomic E-state index is 12.7. The molecule has 3 rings (SSSR count). The minimum Gasteiger partial charge on any atom is -0.444 e. The van der Waals surface area contributed by atoms with Crippen LogP contribution in [-0.4, -0.2) is 56.0 Å². The molecule has 0 bridgehead atoms. The highest BCUT2D eigenvalue weighted by molar-refractivity contribution is 6.74. The highest BCUT2D eigenvalue weighted by Crippen LogP contribution is 2.47. The molecule has 0 saturated carbocycles. The molecule has 0 aromatic heterocycles. The molecule has 1 aromatic carbocycles. The second-order valence-corrected chi connectivity index (χ2v) is 15.5. The van der Waals surface area contributed by atoms with Crippen LogP contribution in [0.2, 0.25) is 18.1 Å². The van der Waals surface area contributed by atoms with Gasteiger partial charge in [0.05, 0.1) is 19.3 Å². The lowest BCUT2D eigenvalue weighted by atomic mass is 10.2. The van der Waals surface area contributed by atoms with Gasteiger partial charge in [-0.2, -0.15) is 0 Å². The van der Waals surface area contributed by atoms with Crippen LogP contribution in [0.4, 0.5) is 4.79 Å². The number of morpholine rings is 1. The maximum Gasteiger partial charge on any atom is 0.411 e. The van der Waals surface area contributed by atoms with Crippen molar-refractivity contribution < 1.29 is 23.4 Å². The van der Waals surface area contributed by atoms with E-state index >= 15 is 0 Å². The van der Waals surface area contributed by atoms with Gasteiger partial charge < -0.3 is 18.6 Å². The summed E-state index contributed by atoms with van der Waals surface area (Å²) in [5.74, 6) is 0. The lowest BCUT2D eigenvalue weighted by Gasteiger charge is -2.39. The first-order valence-corrected chi connectivity index (χ1v) is 13.7. The van der Waals surface area contributed by atoms with Gasteiger partial charge in [-0.15, -0.1) is 0 Å². The van der Waals surface area contributed by atoms with Gasteiger partial charge in [0.25, 0.3) is 0 Å². The number of benzene rings is 1. The van der Waals surface area contributed by atoms with Crippen LogP contribution in [0.5, 0.6) is 0 Å². The van der Waals surface area contributed by atoms with Crippen molar-refractivity contribution in [2.75, 3.05) is 6.61 Å². The van der Waals surface area contributed by atoms with Gasteiger partial charge in [0.1, 0.15) is 17.7 Å². The van der Waals surface area contributed by atoms with Gasteiger partial charge >= 0.3 is 6.09 Å². The fraction of sp³-hybridized carbons (Fsp3) is 0.696. The smallest absolute Gasteiger partial charge is 0.411 e. The standard InChI is InChI=1S/C23H37NO5Si/c1-22(2,3)28-21(25)24-18-17(15-26-14-16-12-10-9-11-13-16)27-20(19(18)24)29-30(7,8)23(4,5)6/h9-13,17-20H,14-15H2,1-8H3/t17-,18+,19+,20+,24?/m1/s1. The first kappa shape index (κ1) is 23.3. The molecule has 0 N–H and O–H groups in total. The summed E-state index contributed by atoms with van der Waals surface area (Å²) < 4.78 is 24.3. The van der Waals surface area contributed by atoms with Crippen molar-refractivity contribution in [3.05, 3.63) is 35.9 Å². The lowest BCUT2D eigenvalue weighted by molar-refractivity contribution is -0.131. The Morgan fingerprint density at radius 1 is 1.07 bits per heavy atom. The highest BCUT2D eigenvalue weighted by atomic mass is 28.4. The zero-order chi connectivity index (χ0) is 22.3. The average molecular weight is 436 g/mol. The molecule has 168 valence electrons. The fourth-order valence-electron chi connectivity index (χ4n) is 3.42. The summed E-state index contributed by atoms with van der Waals surface area (Å²) >= 11 is 0. The van der Waals surface area contributed by atoms with Crippen LogP contribution in [0.15, 0.2) is 30.3 Å². The third-order valence-electron chi connectivity index (χ3n) is 6.09. The van der Waals surface area contributed by atoms with Crippen LogP contribution < -0.4 is 0 Å². The molecule has 6 nitrogen and oxygen atoms in total. The van der Waals surface area contributed by atoms with E-state index in [9.17, 15) is 4.79 Å². The largest absolute Gasteiger partial charge is 0.444 e. The van der Waals surface area contributed by atoms with Gasteiger partial charge in [0.15, 0.2) is 14.6 Å². The number of carbonyl (C=O) groups is 1. The Bertz CT molecular complexity index is 740. The SMILES string of the molecule is CC(C)(C)OC(=O)N1[C@@H]2[C@H](O[Si](C)(C)C(C)(C)C)O[C@H](COCc3ccccc3)[C@@H]21. The summed E-state index contributed by atoms with van der Waals surface area (Å²) in [7, 11) is -2.05. The molecular weight excluding hydrogens is 398 g/mol.